The van der Waals surface area contributed by atoms with Gasteiger partial charge in [0.25, 0.3) is 10.1 Å². The van der Waals surface area contributed by atoms with Crippen LogP contribution in [0.1, 0.15) is 12.5 Å². The maximum atomic E-state index is 10.9. The SMILES string of the molecule is C[C@H](N)C(=O)O.Cc1ccc(NC(N)=O)cc1S(=O)(=O)O. The number of rotatable bonds is 3. The highest BCUT2D eigenvalue weighted by molar-refractivity contribution is 7.85. The molecule has 0 bridgehead atoms. The molecule has 7 N–H and O–H groups in total. The summed E-state index contributed by atoms with van der Waals surface area (Å²) in [5.74, 6) is -0.963. The third kappa shape index (κ3) is 7.25. The Bertz CT molecular complexity index is 627. The molecule has 118 valence electrons. The molecule has 0 aromatic heterocycles. The minimum absolute atomic E-state index is 0.209. The number of carbonyl (C=O) groups is 2. The monoisotopic (exact) mass is 319 g/mol. The number of aryl methyl sites for hydroxylation is 1. The second-order valence-electron chi connectivity index (χ2n) is 4.07. The van der Waals surface area contributed by atoms with E-state index in [0.29, 0.717) is 5.56 Å². The van der Waals surface area contributed by atoms with Crippen molar-refractivity contribution in [2.75, 3.05) is 5.32 Å². The van der Waals surface area contributed by atoms with Gasteiger partial charge in [0.1, 0.15) is 6.04 Å². The third-order valence-corrected chi connectivity index (χ3v) is 3.12. The van der Waals surface area contributed by atoms with Crippen molar-refractivity contribution in [3.05, 3.63) is 23.8 Å². The molecule has 0 radical (unpaired) electrons. The molecule has 0 aliphatic rings. The van der Waals surface area contributed by atoms with E-state index in [1.54, 1.807) is 0 Å². The lowest BCUT2D eigenvalue weighted by atomic mass is 10.2. The van der Waals surface area contributed by atoms with Gasteiger partial charge in [-0.3, -0.25) is 9.35 Å². The highest BCUT2D eigenvalue weighted by atomic mass is 32.2. The Kier molecular flexibility index (Phi) is 6.79. The Morgan fingerprint density at radius 3 is 2.14 bits per heavy atom. The molecule has 2 amide bonds. The van der Waals surface area contributed by atoms with E-state index >= 15 is 0 Å². The lowest BCUT2D eigenvalue weighted by Crippen LogP contribution is -2.25. The number of hydrogen-bond acceptors (Lipinski definition) is 5. The van der Waals surface area contributed by atoms with Gasteiger partial charge in [0.2, 0.25) is 0 Å². The number of carbonyl (C=O) groups excluding carboxylic acids is 1. The summed E-state index contributed by atoms with van der Waals surface area (Å²) in [5, 5.41) is 10.1. The quantitative estimate of drug-likeness (QED) is 0.493. The van der Waals surface area contributed by atoms with Gasteiger partial charge in [-0.2, -0.15) is 8.42 Å². The minimum atomic E-state index is -4.28. The number of aliphatic carboxylic acids is 1. The zero-order valence-corrected chi connectivity index (χ0v) is 12.2. The number of carboxylic acids is 1. The van der Waals surface area contributed by atoms with Crippen molar-refractivity contribution >= 4 is 27.8 Å². The molecule has 0 heterocycles. The highest BCUT2D eigenvalue weighted by Gasteiger charge is 2.13. The Labute approximate surface area is 121 Å². The summed E-state index contributed by atoms with van der Waals surface area (Å²) in [6.07, 6.45) is 0. The summed E-state index contributed by atoms with van der Waals surface area (Å²) >= 11 is 0. The third-order valence-electron chi connectivity index (χ3n) is 2.12. The van der Waals surface area contributed by atoms with Gasteiger partial charge in [-0.25, -0.2) is 4.79 Å². The van der Waals surface area contributed by atoms with Crippen LogP contribution in [0.25, 0.3) is 0 Å². The van der Waals surface area contributed by atoms with E-state index in [4.69, 9.17) is 21.1 Å². The maximum absolute atomic E-state index is 10.9. The molecule has 0 saturated carbocycles. The van der Waals surface area contributed by atoms with E-state index in [2.05, 4.69) is 5.32 Å². The van der Waals surface area contributed by atoms with E-state index in [-0.39, 0.29) is 10.6 Å². The van der Waals surface area contributed by atoms with Crippen LogP contribution in [-0.2, 0) is 14.9 Å². The van der Waals surface area contributed by atoms with Crippen LogP contribution in [0.2, 0.25) is 0 Å². The first-order chi connectivity index (χ1) is 9.45. The standard InChI is InChI=1S/C8H10N2O4S.C3H7NO2/c1-5-2-3-6(10-8(9)11)4-7(5)15(12,13)14;1-2(4)3(5)6/h2-4H,1H3,(H3,9,10,11)(H,12,13,14);2H,4H2,1H3,(H,5,6)/t;2-/m.0/s1. The minimum Gasteiger partial charge on any atom is -0.480 e. The largest absolute Gasteiger partial charge is 0.480 e. The van der Waals surface area contributed by atoms with Crippen LogP contribution in [0.15, 0.2) is 23.1 Å². The molecule has 9 nitrogen and oxygen atoms in total. The van der Waals surface area contributed by atoms with Gasteiger partial charge in [0.05, 0.1) is 4.90 Å². The van der Waals surface area contributed by atoms with E-state index in [0.717, 1.165) is 6.07 Å². The average molecular weight is 319 g/mol. The number of amides is 2. The number of urea groups is 1. The first-order valence-electron chi connectivity index (χ1n) is 5.58. The van der Waals surface area contributed by atoms with Crippen molar-refractivity contribution < 1.29 is 27.7 Å². The fourth-order valence-electron chi connectivity index (χ4n) is 1.10. The van der Waals surface area contributed by atoms with E-state index in [9.17, 15) is 18.0 Å². The van der Waals surface area contributed by atoms with Crippen LogP contribution >= 0.6 is 0 Å². The number of nitrogens with two attached hydrogens (primary N) is 2. The first-order valence-corrected chi connectivity index (χ1v) is 7.02. The topological polar surface area (TPSA) is 173 Å². The number of benzene rings is 1. The van der Waals surface area contributed by atoms with Gasteiger partial charge in [0, 0.05) is 5.69 Å². The van der Waals surface area contributed by atoms with Crippen LogP contribution in [0, 0.1) is 6.92 Å². The van der Waals surface area contributed by atoms with E-state index in [1.165, 1.54) is 26.0 Å². The van der Waals surface area contributed by atoms with Crippen molar-refractivity contribution in [2.24, 2.45) is 11.5 Å². The molecule has 1 atom stereocenters. The molecule has 0 aliphatic heterocycles. The molecule has 1 aromatic rings. The van der Waals surface area contributed by atoms with Crippen LogP contribution in [0.3, 0.4) is 0 Å². The second-order valence-corrected chi connectivity index (χ2v) is 5.46. The molecule has 0 spiro atoms. The molecule has 1 rings (SSSR count). The van der Waals surface area contributed by atoms with Crippen molar-refractivity contribution in [2.45, 2.75) is 24.8 Å². The van der Waals surface area contributed by atoms with Crippen LogP contribution in [-0.4, -0.2) is 36.1 Å². The van der Waals surface area contributed by atoms with E-state index < -0.39 is 28.2 Å². The van der Waals surface area contributed by atoms with E-state index in [1.807, 2.05) is 0 Å². The van der Waals surface area contributed by atoms with Gasteiger partial charge in [-0.05, 0) is 31.5 Å². The van der Waals surface area contributed by atoms with Crippen molar-refractivity contribution in [3.8, 4) is 0 Å². The fraction of sp³-hybridized carbons (Fsp3) is 0.273. The van der Waals surface area contributed by atoms with Crippen molar-refractivity contribution in [1.82, 2.24) is 0 Å². The van der Waals surface area contributed by atoms with Gasteiger partial charge in [-0.1, -0.05) is 6.07 Å². The summed E-state index contributed by atoms with van der Waals surface area (Å²) in [4.78, 5) is 19.8. The number of carboxylic acid groups (broad SMARTS) is 1. The summed E-state index contributed by atoms with van der Waals surface area (Å²) in [7, 11) is -4.28. The molecular formula is C11H17N3O6S. The molecule has 0 unspecified atom stereocenters. The van der Waals surface area contributed by atoms with Gasteiger partial charge < -0.3 is 21.9 Å². The summed E-state index contributed by atoms with van der Waals surface area (Å²) in [5.41, 5.74) is 10.3. The molecule has 10 heteroatoms. The van der Waals surface area contributed by atoms with Crippen LogP contribution in [0.4, 0.5) is 10.5 Å². The number of anilines is 1. The molecule has 21 heavy (non-hydrogen) atoms. The van der Waals surface area contributed by atoms with Crippen LogP contribution in [0.5, 0.6) is 0 Å². The Hall–Kier alpha value is -2.17. The van der Waals surface area contributed by atoms with Gasteiger partial charge >= 0.3 is 12.0 Å². The highest BCUT2D eigenvalue weighted by Crippen LogP contribution is 2.19. The summed E-state index contributed by atoms with van der Waals surface area (Å²) in [6.45, 7) is 2.94. The second kappa shape index (κ2) is 7.57. The van der Waals surface area contributed by atoms with Gasteiger partial charge in [0.15, 0.2) is 0 Å². The Morgan fingerprint density at radius 2 is 1.81 bits per heavy atom. The zero-order chi connectivity index (χ0) is 16.8. The molecule has 0 saturated heterocycles. The molecule has 0 aliphatic carbocycles. The smallest absolute Gasteiger partial charge is 0.320 e. The summed E-state index contributed by atoms with van der Waals surface area (Å²) < 4.78 is 30.7. The van der Waals surface area contributed by atoms with Crippen molar-refractivity contribution in [1.29, 1.82) is 0 Å². The first kappa shape index (κ1) is 18.8. The Morgan fingerprint density at radius 1 is 1.33 bits per heavy atom. The number of primary amides is 1. The lowest BCUT2D eigenvalue weighted by molar-refractivity contribution is -0.138. The Balaban J connectivity index is 0.000000567. The average Bonchev–Trinajstić information content (AvgIpc) is 2.30. The predicted molar refractivity (Wildman–Crippen MR) is 75.5 cm³/mol. The van der Waals surface area contributed by atoms with Gasteiger partial charge in [-0.15, -0.1) is 0 Å². The normalized spacial score (nSPS) is 11.8. The predicted octanol–water partition coefficient (Wildman–Crippen LogP) is 0.151. The van der Waals surface area contributed by atoms with Crippen LogP contribution < -0.4 is 16.8 Å². The zero-order valence-electron chi connectivity index (χ0n) is 11.4. The molecule has 0 fully saturated rings. The molecular weight excluding hydrogens is 302 g/mol. The van der Waals surface area contributed by atoms with Crippen molar-refractivity contribution in [3.63, 3.8) is 0 Å². The lowest BCUT2D eigenvalue weighted by Gasteiger charge is -2.06. The number of hydrogen-bond donors (Lipinski definition) is 5. The fourth-order valence-corrected chi connectivity index (χ4v) is 1.85. The number of nitrogens with one attached hydrogen (secondary N) is 1. The summed E-state index contributed by atoms with van der Waals surface area (Å²) in [6, 6.07) is 2.53. The maximum Gasteiger partial charge on any atom is 0.320 e. The molecule has 1 aromatic carbocycles.